The van der Waals surface area contributed by atoms with Crippen molar-refractivity contribution >= 4 is 17.8 Å². The summed E-state index contributed by atoms with van der Waals surface area (Å²) in [5.74, 6) is -5.22. The Morgan fingerprint density at radius 2 is 1.73 bits per heavy atom. The van der Waals surface area contributed by atoms with Gasteiger partial charge in [-0.05, 0) is 30.9 Å². The first-order valence-corrected chi connectivity index (χ1v) is 11.7. The molecule has 2 aliphatic rings. The van der Waals surface area contributed by atoms with Gasteiger partial charge >= 0.3 is 24.3 Å². The number of amides is 1. The predicted octanol–water partition coefficient (Wildman–Crippen LogP) is 3.83. The Morgan fingerprint density at radius 1 is 1.10 bits per heavy atom. The number of aromatic nitrogens is 3. The third-order valence-corrected chi connectivity index (χ3v) is 5.63. The lowest BCUT2D eigenvalue weighted by atomic mass is 9.98. The number of carboxylic acids is 2. The van der Waals surface area contributed by atoms with Gasteiger partial charge in [0.05, 0.1) is 31.8 Å². The van der Waals surface area contributed by atoms with Crippen LogP contribution in [0.1, 0.15) is 42.1 Å². The molecule has 2 aromatic rings. The van der Waals surface area contributed by atoms with Gasteiger partial charge < -0.3 is 24.4 Å². The number of allylic oxidation sites excluding steroid dienone is 1. The van der Waals surface area contributed by atoms with Gasteiger partial charge in [-0.2, -0.15) is 26.3 Å². The Labute approximate surface area is 223 Å². The van der Waals surface area contributed by atoms with Crippen LogP contribution in [-0.2, 0) is 39.3 Å². The minimum atomic E-state index is -5.08. The molecule has 0 aromatic carbocycles. The number of ether oxygens (including phenoxy) is 1. The van der Waals surface area contributed by atoms with Crippen molar-refractivity contribution < 1.29 is 55.7 Å². The molecule has 10 nitrogen and oxygen atoms in total. The average Bonchev–Trinajstić information content (AvgIpc) is 3.54. The molecule has 16 heteroatoms. The number of rotatable bonds is 5. The maximum atomic E-state index is 12.8. The second-order valence-electron chi connectivity index (χ2n) is 8.67. The molecule has 0 radical (unpaired) electrons. The van der Waals surface area contributed by atoms with Crippen LogP contribution in [0.15, 0.2) is 42.5 Å². The van der Waals surface area contributed by atoms with Gasteiger partial charge in [-0.25, -0.2) is 14.6 Å². The molecule has 0 bridgehead atoms. The van der Waals surface area contributed by atoms with E-state index in [4.69, 9.17) is 24.5 Å². The third kappa shape index (κ3) is 9.66. The van der Waals surface area contributed by atoms with E-state index in [-0.39, 0.29) is 11.8 Å². The van der Waals surface area contributed by atoms with E-state index in [2.05, 4.69) is 20.6 Å². The van der Waals surface area contributed by atoms with Crippen molar-refractivity contribution in [2.75, 3.05) is 13.2 Å². The number of carbonyl (C=O) groups excluding carboxylic acids is 1. The summed E-state index contributed by atoms with van der Waals surface area (Å²) >= 11 is 0. The van der Waals surface area contributed by atoms with Crippen LogP contribution in [0.4, 0.5) is 26.3 Å². The Kier molecular flexibility index (Phi) is 11.2. The second-order valence-corrected chi connectivity index (χ2v) is 8.67. The fourth-order valence-electron chi connectivity index (χ4n) is 3.89. The first kappa shape index (κ1) is 32.3. The van der Waals surface area contributed by atoms with Gasteiger partial charge in [0, 0.05) is 43.2 Å². The van der Waals surface area contributed by atoms with Gasteiger partial charge in [0.1, 0.15) is 0 Å². The van der Waals surface area contributed by atoms with Crippen molar-refractivity contribution in [1.82, 2.24) is 19.4 Å². The highest BCUT2D eigenvalue weighted by molar-refractivity contribution is 5.94. The molecule has 1 aliphatic heterocycles. The van der Waals surface area contributed by atoms with Crippen LogP contribution >= 0.6 is 0 Å². The molecule has 2 aromatic heterocycles. The molecule has 1 aliphatic carbocycles. The van der Waals surface area contributed by atoms with Crippen LogP contribution < -0.4 is 0 Å². The maximum Gasteiger partial charge on any atom is 0.490 e. The highest BCUT2D eigenvalue weighted by atomic mass is 19.4. The maximum absolute atomic E-state index is 12.8. The van der Waals surface area contributed by atoms with Gasteiger partial charge in [0.2, 0.25) is 5.91 Å². The standard InChI is InChI=1S/C20H24N4O2.2C2HF3O2/c1-23-14-22-18-11-24(20(25)16-6-2-3-7-16)10-17(19(18)23)13-26-12-15-5-4-8-21-9-15;2*3-2(4,5)1(6)7/h4-6,8-9,14,17H,2-3,7,10-13H2,1H3;2*(H,6,7). The summed E-state index contributed by atoms with van der Waals surface area (Å²) in [7, 11) is 2.01. The Balaban J connectivity index is 0.000000333. The Morgan fingerprint density at radius 3 is 2.23 bits per heavy atom. The molecule has 0 fully saturated rings. The molecule has 1 atom stereocenters. The van der Waals surface area contributed by atoms with E-state index < -0.39 is 24.3 Å². The quantitative estimate of drug-likeness (QED) is 0.510. The van der Waals surface area contributed by atoms with E-state index in [1.807, 2.05) is 36.6 Å². The largest absolute Gasteiger partial charge is 0.490 e. The first-order chi connectivity index (χ1) is 18.6. The van der Waals surface area contributed by atoms with E-state index >= 15 is 0 Å². The van der Waals surface area contributed by atoms with Crippen molar-refractivity contribution in [2.24, 2.45) is 7.05 Å². The summed E-state index contributed by atoms with van der Waals surface area (Å²) in [5.41, 5.74) is 4.18. The summed E-state index contributed by atoms with van der Waals surface area (Å²) in [6.07, 6.45) is 0.327. The van der Waals surface area contributed by atoms with E-state index in [1.165, 1.54) is 5.69 Å². The smallest absolute Gasteiger partial charge is 0.475 e. The van der Waals surface area contributed by atoms with E-state index in [9.17, 15) is 31.1 Å². The third-order valence-electron chi connectivity index (χ3n) is 5.63. The number of halogens is 6. The molecule has 40 heavy (non-hydrogen) atoms. The molecule has 0 saturated heterocycles. The monoisotopic (exact) mass is 580 g/mol. The van der Waals surface area contributed by atoms with Gasteiger partial charge in [-0.15, -0.1) is 0 Å². The lowest BCUT2D eigenvalue weighted by Gasteiger charge is -2.33. The van der Waals surface area contributed by atoms with Crippen LogP contribution in [0, 0.1) is 0 Å². The molecule has 4 rings (SSSR count). The zero-order valence-electron chi connectivity index (χ0n) is 21.1. The van der Waals surface area contributed by atoms with Crippen molar-refractivity contribution in [3.63, 3.8) is 0 Å². The number of aliphatic carboxylic acids is 2. The van der Waals surface area contributed by atoms with Gasteiger partial charge in [0.15, 0.2) is 0 Å². The zero-order chi connectivity index (χ0) is 30.1. The number of imidazole rings is 1. The average molecular weight is 580 g/mol. The van der Waals surface area contributed by atoms with Crippen molar-refractivity contribution in [3.8, 4) is 0 Å². The second kappa shape index (κ2) is 13.9. The lowest BCUT2D eigenvalue weighted by molar-refractivity contribution is -0.193. The van der Waals surface area contributed by atoms with Crippen molar-refractivity contribution in [3.05, 3.63) is 59.5 Å². The number of alkyl halides is 6. The van der Waals surface area contributed by atoms with Crippen LogP contribution in [0.3, 0.4) is 0 Å². The number of pyridine rings is 1. The molecule has 3 heterocycles. The summed E-state index contributed by atoms with van der Waals surface area (Å²) < 4.78 is 71.5. The zero-order valence-corrected chi connectivity index (χ0v) is 21.1. The van der Waals surface area contributed by atoms with Crippen LogP contribution in [0.5, 0.6) is 0 Å². The summed E-state index contributed by atoms with van der Waals surface area (Å²) in [4.78, 5) is 41.2. The normalized spacial score (nSPS) is 16.5. The minimum absolute atomic E-state index is 0.133. The van der Waals surface area contributed by atoms with E-state index in [0.717, 1.165) is 36.1 Å². The van der Waals surface area contributed by atoms with Crippen molar-refractivity contribution in [2.45, 2.75) is 50.7 Å². The fraction of sp³-hybridized carbons (Fsp3) is 0.458. The Hall–Kier alpha value is -3.95. The van der Waals surface area contributed by atoms with Crippen molar-refractivity contribution in [1.29, 1.82) is 0 Å². The molecule has 0 saturated carbocycles. The number of fused-ring (bicyclic) bond motifs is 1. The summed E-state index contributed by atoms with van der Waals surface area (Å²) in [6.45, 7) is 2.35. The first-order valence-electron chi connectivity index (χ1n) is 11.7. The van der Waals surface area contributed by atoms with Crippen LogP contribution in [0.2, 0.25) is 0 Å². The highest BCUT2D eigenvalue weighted by Gasteiger charge is 2.39. The predicted molar refractivity (Wildman–Crippen MR) is 125 cm³/mol. The molecule has 1 amide bonds. The molecule has 2 N–H and O–H groups in total. The topological polar surface area (TPSA) is 135 Å². The minimum Gasteiger partial charge on any atom is -0.475 e. The van der Waals surface area contributed by atoms with Crippen LogP contribution in [-0.4, -0.2) is 73.0 Å². The fourth-order valence-corrected chi connectivity index (χ4v) is 3.89. The lowest BCUT2D eigenvalue weighted by Crippen LogP contribution is -2.40. The molecule has 0 spiro atoms. The highest BCUT2D eigenvalue weighted by Crippen LogP contribution is 2.30. The van der Waals surface area contributed by atoms with Gasteiger partial charge in [-0.3, -0.25) is 9.78 Å². The number of carboxylic acid groups (broad SMARTS) is 2. The number of hydrogen-bond donors (Lipinski definition) is 2. The molecule has 1 unspecified atom stereocenters. The van der Waals surface area contributed by atoms with Crippen LogP contribution in [0.25, 0.3) is 0 Å². The van der Waals surface area contributed by atoms with E-state index in [1.54, 1.807) is 6.20 Å². The number of aryl methyl sites for hydroxylation is 1. The summed E-state index contributed by atoms with van der Waals surface area (Å²) in [6, 6.07) is 3.92. The van der Waals surface area contributed by atoms with Gasteiger partial charge in [0.25, 0.3) is 0 Å². The molecular formula is C24H26F6N4O6. The number of hydrogen-bond acceptors (Lipinski definition) is 6. The molecular weight excluding hydrogens is 554 g/mol. The number of carbonyl (C=O) groups is 3. The van der Waals surface area contributed by atoms with Gasteiger partial charge in [-0.1, -0.05) is 12.1 Å². The molecule has 220 valence electrons. The summed E-state index contributed by atoms with van der Waals surface area (Å²) in [5, 5.41) is 14.2. The van der Waals surface area contributed by atoms with E-state index in [0.29, 0.717) is 26.3 Å². The Bertz CT molecular complexity index is 1170. The SMILES string of the molecule is Cn1cnc2c1C(COCc1cccnc1)CN(C(=O)C1=CCCC1)C2.O=C(O)C(F)(F)F.O=C(O)C(F)(F)F. The number of nitrogens with zero attached hydrogens (tertiary/aromatic N) is 4.